The van der Waals surface area contributed by atoms with E-state index in [1.807, 2.05) is 84.9 Å². The predicted molar refractivity (Wildman–Crippen MR) is 141 cm³/mol. The number of rotatable bonds is 7. The number of esters is 1. The zero-order chi connectivity index (χ0) is 26.5. The van der Waals surface area contributed by atoms with Crippen molar-refractivity contribution in [3.63, 3.8) is 0 Å². The van der Waals surface area contributed by atoms with Crippen molar-refractivity contribution in [3.8, 4) is 0 Å². The Bertz CT molecular complexity index is 1330. The van der Waals surface area contributed by atoms with Gasteiger partial charge >= 0.3 is 5.97 Å². The van der Waals surface area contributed by atoms with Crippen LogP contribution in [0, 0.1) is 0 Å². The van der Waals surface area contributed by atoms with Gasteiger partial charge in [-0.15, -0.1) is 0 Å². The molecule has 0 aliphatic carbocycles. The number of benzene rings is 3. The van der Waals surface area contributed by atoms with Crippen molar-refractivity contribution in [1.29, 1.82) is 0 Å². The van der Waals surface area contributed by atoms with Crippen molar-refractivity contribution in [1.82, 2.24) is 10.6 Å². The first-order valence-electron chi connectivity index (χ1n) is 12.7. The lowest BCUT2D eigenvalue weighted by atomic mass is 9.86. The molecule has 0 radical (unpaired) electrons. The second-order valence-electron chi connectivity index (χ2n) is 9.54. The van der Waals surface area contributed by atoms with Crippen LogP contribution in [-0.2, 0) is 36.9 Å². The fourth-order valence-corrected chi connectivity index (χ4v) is 5.05. The Morgan fingerprint density at radius 1 is 0.895 bits per heavy atom. The molecule has 5 rings (SSSR count). The third kappa shape index (κ3) is 5.59. The molecule has 194 valence electrons. The fraction of sp³-hybridized carbons (Fsp3) is 0.267. The number of nitrogens with zero attached hydrogens (tertiary/aromatic N) is 1. The minimum atomic E-state index is -0.960. The lowest BCUT2D eigenvalue weighted by molar-refractivity contribution is -0.148. The minimum absolute atomic E-state index is 0.165. The summed E-state index contributed by atoms with van der Waals surface area (Å²) in [4.78, 5) is 53.4. The van der Waals surface area contributed by atoms with Crippen LogP contribution in [0.2, 0.25) is 0 Å². The number of carbonyl (C=O) groups excluding carboxylic acids is 4. The minimum Gasteiger partial charge on any atom is -0.452 e. The molecular weight excluding hydrogens is 482 g/mol. The van der Waals surface area contributed by atoms with E-state index < -0.39 is 29.9 Å². The van der Waals surface area contributed by atoms with Gasteiger partial charge in [0.1, 0.15) is 12.6 Å². The average Bonchev–Trinajstić information content (AvgIpc) is 3.35. The highest BCUT2D eigenvalue weighted by Crippen LogP contribution is 2.35. The number of hydrogen-bond acceptors (Lipinski definition) is 5. The summed E-state index contributed by atoms with van der Waals surface area (Å²) in [6.07, 6.45) is -0.0190. The van der Waals surface area contributed by atoms with Gasteiger partial charge in [0.05, 0.1) is 0 Å². The maximum absolute atomic E-state index is 14.1. The Hall–Kier alpha value is -4.46. The summed E-state index contributed by atoms with van der Waals surface area (Å²) < 4.78 is 5.16. The van der Waals surface area contributed by atoms with Gasteiger partial charge in [-0.1, -0.05) is 78.9 Å². The van der Waals surface area contributed by atoms with Crippen LogP contribution in [0.5, 0.6) is 0 Å². The number of ether oxygens (including phenoxy) is 1. The van der Waals surface area contributed by atoms with Crippen LogP contribution >= 0.6 is 0 Å². The number of nitrogens with one attached hydrogen (secondary N) is 2. The van der Waals surface area contributed by atoms with Crippen molar-refractivity contribution in [2.45, 2.75) is 43.9 Å². The van der Waals surface area contributed by atoms with Crippen LogP contribution in [0.4, 0.5) is 5.69 Å². The zero-order valence-electron chi connectivity index (χ0n) is 20.8. The molecule has 2 N–H and O–H groups in total. The Kier molecular flexibility index (Phi) is 7.49. The lowest BCUT2D eigenvalue weighted by Crippen LogP contribution is -2.54. The Balaban J connectivity index is 1.44. The molecule has 2 aliphatic heterocycles. The molecule has 2 heterocycles. The maximum Gasteiger partial charge on any atom is 0.306 e. The summed E-state index contributed by atoms with van der Waals surface area (Å²) in [5.41, 5.74) is 3.37. The summed E-state index contributed by atoms with van der Waals surface area (Å²) in [7, 11) is 0. The smallest absolute Gasteiger partial charge is 0.306 e. The van der Waals surface area contributed by atoms with Crippen LogP contribution < -0.4 is 15.5 Å². The molecule has 0 spiro atoms. The van der Waals surface area contributed by atoms with Crippen LogP contribution in [0.1, 0.15) is 35.4 Å². The monoisotopic (exact) mass is 511 g/mol. The molecule has 3 amide bonds. The van der Waals surface area contributed by atoms with E-state index in [-0.39, 0.29) is 31.2 Å². The molecule has 3 atom stereocenters. The van der Waals surface area contributed by atoms with Crippen molar-refractivity contribution in [3.05, 3.63) is 102 Å². The molecule has 8 nitrogen and oxygen atoms in total. The van der Waals surface area contributed by atoms with Crippen molar-refractivity contribution >= 4 is 29.4 Å². The van der Waals surface area contributed by atoms with Crippen LogP contribution in [0.3, 0.4) is 0 Å². The summed E-state index contributed by atoms with van der Waals surface area (Å²) in [5, 5.41) is 5.77. The highest BCUT2D eigenvalue weighted by atomic mass is 16.6. The van der Waals surface area contributed by atoms with Gasteiger partial charge in [0.15, 0.2) is 6.10 Å². The van der Waals surface area contributed by atoms with Crippen LogP contribution in [0.25, 0.3) is 0 Å². The number of amides is 3. The van der Waals surface area contributed by atoms with Gasteiger partial charge in [0.2, 0.25) is 5.91 Å². The first-order chi connectivity index (χ1) is 18.5. The normalized spacial score (nSPS) is 20.7. The van der Waals surface area contributed by atoms with Gasteiger partial charge in [0.25, 0.3) is 11.8 Å². The number of carbonyl (C=O) groups is 4. The number of para-hydroxylation sites is 1. The van der Waals surface area contributed by atoms with E-state index in [0.717, 1.165) is 16.7 Å². The van der Waals surface area contributed by atoms with Gasteiger partial charge in [-0.25, -0.2) is 0 Å². The molecule has 1 fully saturated rings. The van der Waals surface area contributed by atoms with Crippen molar-refractivity contribution in [2.24, 2.45) is 0 Å². The molecule has 3 aromatic carbocycles. The molecule has 0 aromatic heterocycles. The van der Waals surface area contributed by atoms with Gasteiger partial charge in [0, 0.05) is 31.0 Å². The van der Waals surface area contributed by atoms with E-state index in [1.165, 1.54) is 4.90 Å². The Labute approximate surface area is 221 Å². The van der Waals surface area contributed by atoms with E-state index in [1.54, 1.807) is 0 Å². The first kappa shape index (κ1) is 25.2. The molecule has 0 saturated carbocycles. The number of anilines is 1. The second kappa shape index (κ2) is 11.3. The zero-order valence-corrected chi connectivity index (χ0v) is 20.8. The Morgan fingerprint density at radius 2 is 1.58 bits per heavy atom. The molecule has 0 unspecified atom stereocenters. The SMILES string of the molecule is O=C(CN1C(=O)[C@H](NC(=O)[C@@H]2CCC(=O)O2)[C@@H](c2ccccc2)Cc2ccccc21)NCc1ccccc1. The number of fused-ring (bicyclic) bond motifs is 1. The van der Waals surface area contributed by atoms with E-state index >= 15 is 0 Å². The van der Waals surface area contributed by atoms with E-state index in [9.17, 15) is 19.2 Å². The van der Waals surface area contributed by atoms with E-state index in [4.69, 9.17) is 4.74 Å². The highest BCUT2D eigenvalue weighted by molar-refractivity contribution is 6.05. The third-order valence-electron chi connectivity index (χ3n) is 6.99. The first-order valence-corrected chi connectivity index (χ1v) is 12.7. The molecule has 38 heavy (non-hydrogen) atoms. The second-order valence-corrected chi connectivity index (χ2v) is 9.54. The quantitative estimate of drug-likeness (QED) is 0.475. The number of hydrogen-bond donors (Lipinski definition) is 2. The van der Waals surface area contributed by atoms with Crippen molar-refractivity contribution < 1.29 is 23.9 Å². The average molecular weight is 512 g/mol. The molecule has 0 bridgehead atoms. The molecule has 1 saturated heterocycles. The molecule has 3 aromatic rings. The van der Waals surface area contributed by atoms with Crippen LogP contribution in [0.15, 0.2) is 84.9 Å². The summed E-state index contributed by atoms with van der Waals surface area (Å²) in [5.74, 6) is -2.03. The van der Waals surface area contributed by atoms with Gasteiger partial charge in [-0.05, 0) is 29.2 Å². The van der Waals surface area contributed by atoms with Gasteiger partial charge in [-0.3, -0.25) is 19.2 Å². The van der Waals surface area contributed by atoms with Gasteiger partial charge in [-0.2, -0.15) is 0 Å². The number of cyclic esters (lactones) is 1. The largest absolute Gasteiger partial charge is 0.452 e. The summed E-state index contributed by atoms with van der Waals surface area (Å²) >= 11 is 0. The summed E-state index contributed by atoms with van der Waals surface area (Å²) in [6.45, 7) is 0.137. The lowest BCUT2D eigenvalue weighted by Gasteiger charge is -2.29. The molecular formula is C30H29N3O5. The third-order valence-corrected chi connectivity index (χ3v) is 6.99. The highest BCUT2D eigenvalue weighted by Gasteiger charge is 2.41. The van der Waals surface area contributed by atoms with E-state index in [0.29, 0.717) is 18.7 Å². The fourth-order valence-electron chi connectivity index (χ4n) is 5.05. The van der Waals surface area contributed by atoms with Crippen molar-refractivity contribution in [2.75, 3.05) is 11.4 Å². The maximum atomic E-state index is 14.1. The van der Waals surface area contributed by atoms with Gasteiger partial charge < -0.3 is 20.3 Å². The molecule has 2 aliphatic rings. The molecule has 8 heteroatoms. The van der Waals surface area contributed by atoms with Crippen LogP contribution in [-0.4, -0.2) is 42.4 Å². The Morgan fingerprint density at radius 3 is 2.29 bits per heavy atom. The standard InChI is InChI=1S/C30H29N3O5/c34-26(31-18-20-9-3-1-4-10-20)19-33-24-14-8-7-13-22(24)17-23(21-11-5-2-6-12-21)28(30(33)37)32-29(36)25-15-16-27(35)38-25/h1-14,23,25,28H,15-19H2,(H,31,34)(H,32,36)/t23-,25+,28-/m1/s1. The topological polar surface area (TPSA) is 105 Å². The predicted octanol–water partition coefficient (Wildman–Crippen LogP) is 2.87. The summed E-state index contributed by atoms with van der Waals surface area (Å²) in [6, 6.07) is 25.6. The van der Waals surface area contributed by atoms with E-state index in [2.05, 4.69) is 10.6 Å².